The van der Waals surface area contributed by atoms with Crippen LogP contribution in [0.2, 0.25) is 0 Å². The number of nitrogens with two attached hydrogens (primary N) is 1. The molecule has 1 unspecified atom stereocenters. The van der Waals surface area contributed by atoms with Gasteiger partial charge in [0.1, 0.15) is 5.82 Å². The Morgan fingerprint density at radius 3 is 2.88 bits per heavy atom. The van der Waals surface area contributed by atoms with Gasteiger partial charge in [0.05, 0.1) is 0 Å². The van der Waals surface area contributed by atoms with E-state index in [9.17, 15) is 0 Å². The molecule has 1 saturated heterocycles. The van der Waals surface area contributed by atoms with E-state index in [-0.39, 0.29) is 0 Å². The summed E-state index contributed by atoms with van der Waals surface area (Å²) < 4.78 is 0. The summed E-state index contributed by atoms with van der Waals surface area (Å²) in [7, 11) is 4.24. The number of likely N-dealkylation sites (N-methyl/N-ethyl adjacent to an activating group) is 1. The van der Waals surface area contributed by atoms with Gasteiger partial charge < -0.3 is 9.80 Å². The molecule has 0 aromatic carbocycles. The fraction of sp³-hybridized carbons (Fsp3) is 0.636. The third-order valence-corrected chi connectivity index (χ3v) is 3.27. The monoisotopic (exact) mass is 236 g/mol. The molecular formula is C11H20N6. The van der Waals surface area contributed by atoms with E-state index < -0.39 is 0 Å². The lowest BCUT2D eigenvalue weighted by molar-refractivity contribution is 0.315. The van der Waals surface area contributed by atoms with Crippen molar-refractivity contribution in [2.24, 2.45) is 5.84 Å². The first kappa shape index (κ1) is 12.1. The van der Waals surface area contributed by atoms with Gasteiger partial charge in [-0.3, -0.25) is 5.43 Å². The minimum Gasteiger partial charge on any atom is -0.355 e. The summed E-state index contributed by atoms with van der Waals surface area (Å²) in [5, 5.41) is 0. The fourth-order valence-electron chi connectivity index (χ4n) is 2.18. The minimum atomic E-state index is 0.471. The summed E-state index contributed by atoms with van der Waals surface area (Å²) >= 11 is 0. The first-order valence-electron chi connectivity index (χ1n) is 5.83. The van der Waals surface area contributed by atoms with E-state index in [1.54, 1.807) is 6.20 Å². The third-order valence-electron chi connectivity index (χ3n) is 3.27. The molecule has 0 amide bonds. The molecule has 17 heavy (non-hydrogen) atoms. The Morgan fingerprint density at radius 2 is 2.29 bits per heavy atom. The molecule has 0 aliphatic carbocycles. The Balaban J connectivity index is 2.18. The average Bonchev–Trinajstić information content (AvgIpc) is 2.79. The summed E-state index contributed by atoms with van der Waals surface area (Å²) in [4.78, 5) is 13.1. The molecular weight excluding hydrogens is 216 g/mol. The number of aromatic nitrogens is 2. The molecule has 0 saturated carbocycles. The van der Waals surface area contributed by atoms with Gasteiger partial charge in [-0.15, -0.1) is 0 Å². The number of rotatable bonds is 3. The SMILES string of the molecule is Cc1cnc(NN)nc1N1CCC(N(C)C)C1. The van der Waals surface area contributed by atoms with Crippen LogP contribution in [0.15, 0.2) is 6.20 Å². The lowest BCUT2D eigenvalue weighted by Gasteiger charge is -2.22. The number of hydrogen-bond acceptors (Lipinski definition) is 6. The zero-order valence-corrected chi connectivity index (χ0v) is 10.6. The number of aryl methyl sites for hydroxylation is 1. The third kappa shape index (κ3) is 2.48. The lowest BCUT2D eigenvalue weighted by atomic mass is 10.2. The molecule has 1 aromatic heterocycles. The second-order valence-electron chi connectivity index (χ2n) is 4.70. The topological polar surface area (TPSA) is 70.3 Å². The molecule has 3 N–H and O–H groups in total. The van der Waals surface area contributed by atoms with Crippen LogP contribution in [0.25, 0.3) is 0 Å². The zero-order chi connectivity index (χ0) is 12.4. The van der Waals surface area contributed by atoms with Gasteiger partial charge in [0, 0.05) is 30.9 Å². The van der Waals surface area contributed by atoms with E-state index in [4.69, 9.17) is 5.84 Å². The van der Waals surface area contributed by atoms with Gasteiger partial charge in [-0.2, -0.15) is 4.98 Å². The molecule has 6 heteroatoms. The van der Waals surface area contributed by atoms with Crippen LogP contribution in [0, 0.1) is 6.92 Å². The van der Waals surface area contributed by atoms with Crippen molar-refractivity contribution in [3.05, 3.63) is 11.8 Å². The molecule has 6 nitrogen and oxygen atoms in total. The highest BCUT2D eigenvalue weighted by atomic mass is 15.3. The lowest BCUT2D eigenvalue weighted by Crippen LogP contribution is -2.32. The Bertz CT molecular complexity index is 392. The molecule has 2 heterocycles. The van der Waals surface area contributed by atoms with Crippen molar-refractivity contribution in [3.63, 3.8) is 0 Å². The highest BCUT2D eigenvalue weighted by Gasteiger charge is 2.26. The number of hydrazine groups is 1. The van der Waals surface area contributed by atoms with Crippen molar-refractivity contribution in [3.8, 4) is 0 Å². The average molecular weight is 236 g/mol. The van der Waals surface area contributed by atoms with Gasteiger partial charge in [-0.05, 0) is 27.4 Å². The zero-order valence-electron chi connectivity index (χ0n) is 10.6. The summed E-state index contributed by atoms with van der Waals surface area (Å²) in [6, 6.07) is 0.596. The van der Waals surface area contributed by atoms with Gasteiger partial charge in [-0.1, -0.05) is 0 Å². The van der Waals surface area contributed by atoms with Crippen LogP contribution >= 0.6 is 0 Å². The maximum absolute atomic E-state index is 5.34. The van der Waals surface area contributed by atoms with Crippen molar-refractivity contribution < 1.29 is 0 Å². The summed E-state index contributed by atoms with van der Waals surface area (Å²) in [6.07, 6.45) is 2.97. The molecule has 0 spiro atoms. The smallest absolute Gasteiger partial charge is 0.239 e. The number of nitrogens with zero attached hydrogens (tertiary/aromatic N) is 4. The molecule has 1 aromatic rings. The van der Waals surface area contributed by atoms with Crippen molar-refractivity contribution in [2.45, 2.75) is 19.4 Å². The van der Waals surface area contributed by atoms with Gasteiger partial charge in [0.2, 0.25) is 5.95 Å². The first-order valence-corrected chi connectivity index (χ1v) is 5.83. The molecule has 1 aliphatic heterocycles. The van der Waals surface area contributed by atoms with E-state index in [1.807, 2.05) is 6.92 Å². The first-order chi connectivity index (χ1) is 8.11. The van der Waals surface area contributed by atoms with Gasteiger partial charge in [0.15, 0.2) is 0 Å². The van der Waals surface area contributed by atoms with Crippen LogP contribution in [0.1, 0.15) is 12.0 Å². The van der Waals surface area contributed by atoms with Crippen molar-refractivity contribution in [1.29, 1.82) is 0 Å². The molecule has 0 bridgehead atoms. The molecule has 1 aliphatic rings. The highest BCUT2D eigenvalue weighted by Crippen LogP contribution is 2.23. The van der Waals surface area contributed by atoms with Crippen LogP contribution < -0.4 is 16.2 Å². The largest absolute Gasteiger partial charge is 0.355 e. The predicted molar refractivity (Wildman–Crippen MR) is 68.9 cm³/mol. The second kappa shape index (κ2) is 4.85. The van der Waals surface area contributed by atoms with E-state index in [2.05, 4.69) is 39.3 Å². The van der Waals surface area contributed by atoms with Gasteiger partial charge >= 0.3 is 0 Å². The van der Waals surface area contributed by atoms with Gasteiger partial charge in [0.25, 0.3) is 0 Å². The van der Waals surface area contributed by atoms with Crippen LogP contribution in [0.4, 0.5) is 11.8 Å². The number of nitrogens with one attached hydrogen (secondary N) is 1. The molecule has 0 radical (unpaired) electrons. The van der Waals surface area contributed by atoms with Crippen LogP contribution in [0.5, 0.6) is 0 Å². The summed E-state index contributed by atoms with van der Waals surface area (Å²) in [5.74, 6) is 6.80. The fourth-order valence-corrected chi connectivity index (χ4v) is 2.18. The van der Waals surface area contributed by atoms with Crippen LogP contribution in [-0.2, 0) is 0 Å². The van der Waals surface area contributed by atoms with Crippen molar-refractivity contribution in [2.75, 3.05) is 37.5 Å². The standard InChI is InChI=1S/C11H20N6/c1-8-6-13-11(15-12)14-10(8)17-5-4-9(7-17)16(2)3/h6,9H,4-5,7,12H2,1-3H3,(H,13,14,15). The van der Waals surface area contributed by atoms with Crippen molar-refractivity contribution >= 4 is 11.8 Å². The van der Waals surface area contributed by atoms with E-state index in [0.717, 1.165) is 24.5 Å². The molecule has 1 fully saturated rings. The summed E-state index contributed by atoms with van der Waals surface area (Å²) in [6.45, 7) is 4.07. The molecule has 1 atom stereocenters. The Morgan fingerprint density at radius 1 is 1.53 bits per heavy atom. The number of nitrogen functional groups attached to an aromatic ring is 1. The van der Waals surface area contributed by atoms with Crippen LogP contribution in [0.3, 0.4) is 0 Å². The quantitative estimate of drug-likeness (QED) is 0.577. The maximum atomic E-state index is 5.34. The number of hydrogen-bond donors (Lipinski definition) is 2. The second-order valence-corrected chi connectivity index (χ2v) is 4.70. The van der Waals surface area contributed by atoms with E-state index in [0.29, 0.717) is 12.0 Å². The Kier molecular flexibility index (Phi) is 3.44. The molecule has 94 valence electrons. The normalized spacial score (nSPS) is 20.1. The Labute approximate surface area is 102 Å². The molecule has 2 rings (SSSR count). The summed E-state index contributed by atoms with van der Waals surface area (Å²) in [5.41, 5.74) is 3.58. The predicted octanol–water partition coefficient (Wildman–Crippen LogP) is 0.211. The van der Waals surface area contributed by atoms with Crippen LogP contribution in [-0.4, -0.2) is 48.1 Å². The van der Waals surface area contributed by atoms with Crippen molar-refractivity contribution in [1.82, 2.24) is 14.9 Å². The van der Waals surface area contributed by atoms with Gasteiger partial charge in [-0.25, -0.2) is 10.8 Å². The maximum Gasteiger partial charge on any atom is 0.239 e. The highest BCUT2D eigenvalue weighted by molar-refractivity contribution is 5.49. The minimum absolute atomic E-state index is 0.471. The number of anilines is 2. The Hall–Kier alpha value is -1.40. The van der Waals surface area contributed by atoms with E-state index >= 15 is 0 Å². The van der Waals surface area contributed by atoms with E-state index in [1.165, 1.54) is 6.42 Å².